The second-order valence-electron chi connectivity index (χ2n) is 4.86. The zero-order valence-electron chi connectivity index (χ0n) is 12.3. The molecule has 2 atom stereocenters. The lowest BCUT2D eigenvalue weighted by atomic mass is 10.0. The zero-order chi connectivity index (χ0) is 15.5. The van der Waals surface area contributed by atoms with Crippen LogP contribution in [0.25, 0.3) is 0 Å². The van der Waals surface area contributed by atoms with Crippen molar-refractivity contribution in [1.82, 2.24) is 10.6 Å². The summed E-state index contributed by atoms with van der Waals surface area (Å²) >= 11 is 0. The highest BCUT2D eigenvalue weighted by molar-refractivity contribution is 5.65. The average molecular weight is 296 g/mol. The van der Waals surface area contributed by atoms with Crippen LogP contribution in [0, 0.1) is 0 Å². The molecule has 6 heteroatoms. The number of aliphatic hydroxyl groups is 1. The summed E-state index contributed by atoms with van der Waals surface area (Å²) in [6, 6.07) is 8.96. The van der Waals surface area contributed by atoms with Gasteiger partial charge in [0.1, 0.15) is 0 Å². The summed E-state index contributed by atoms with van der Waals surface area (Å²) in [4.78, 5) is 10.9. The third kappa shape index (κ3) is 7.65. The summed E-state index contributed by atoms with van der Waals surface area (Å²) < 4.78 is 4.94. The average Bonchev–Trinajstić information content (AvgIpc) is 2.47. The number of carboxylic acid groups (broad SMARTS) is 1. The van der Waals surface area contributed by atoms with Gasteiger partial charge in [0.25, 0.3) is 0 Å². The Hall–Kier alpha value is -1.63. The van der Waals surface area contributed by atoms with E-state index in [0.29, 0.717) is 19.6 Å². The number of aliphatic hydroxyl groups excluding tert-OH is 1. The fraction of sp³-hybridized carbons (Fsp3) is 0.533. The van der Waals surface area contributed by atoms with Gasteiger partial charge in [-0.1, -0.05) is 30.3 Å². The van der Waals surface area contributed by atoms with Crippen molar-refractivity contribution in [2.75, 3.05) is 26.8 Å². The topological polar surface area (TPSA) is 90.8 Å². The highest BCUT2D eigenvalue weighted by atomic mass is 16.5. The minimum Gasteiger partial charge on any atom is -0.465 e. The summed E-state index contributed by atoms with van der Waals surface area (Å²) in [5.74, 6) is 0. The quantitative estimate of drug-likeness (QED) is 0.481. The van der Waals surface area contributed by atoms with Crippen LogP contribution in [-0.4, -0.2) is 55.3 Å². The highest BCUT2D eigenvalue weighted by Gasteiger charge is 2.21. The monoisotopic (exact) mass is 296 g/mol. The van der Waals surface area contributed by atoms with Gasteiger partial charge in [0, 0.05) is 20.3 Å². The summed E-state index contributed by atoms with van der Waals surface area (Å²) in [6.07, 6.45) is -0.620. The number of methoxy groups -OCH3 is 1. The number of rotatable bonds is 10. The van der Waals surface area contributed by atoms with Crippen LogP contribution in [0.2, 0.25) is 0 Å². The van der Waals surface area contributed by atoms with E-state index in [9.17, 15) is 9.90 Å². The minimum absolute atomic E-state index is 0.335. The third-order valence-corrected chi connectivity index (χ3v) is 3.13. The number of benzene rings is 1. The Morgan fingerprint density at radius 1 is 1.33 bits per heavy atom. The molecular weight excluding hydrogens is 272 g/mol. The molecule has 0 aliphatic heterocycles. The molecule has 0 radical (unpaired) electrons. The number of ether oxygens (including phenoxy) is 1. The van der Waals surface area contributed by atoms with Crippen LogP contribution in [0.15, 0.2) is 30.3 Å². The molecule has 0 aromatic heterocycles. The first-order chi connectivity index (χ1) is 10.1. The van der Waals surface area contributed by atoms with Gasteiger partial charge >= 0.3 is 6.09 Å². The Morgan fingerprint density at radius 3 is 2.67 bits per heavy atom. The fourth-order valence-corrected chi connectivity index (χ4v) is 2.04. The predicted molar refractivity (Wildman–Crippen MR) is 80.5 cm³/mol. The lowest BCUT2D eigenvalue weighted by Crippen LogP contribution is -2.48. The number of amides is 1. The van der Waals surface area contributed by atoms with Gasteiger partial charge < -0.3 is 25.6 Å². The SMILES string of the molecule is COCCCNC[C@H](O)[C@H](Cc1ccccc1)NC(=O)O. The number of nitrogens with one attached hydrogen (secondary N) is 2. The zero-order valence-corrected chi connectivity index (χ0v) is 12.3. The largest absolute Gasteiger partial charge is 0.465 e. The first-order valence-electron chi connectivity index (χ1n) is 7.04. The van der Waals surface area contributed by atoms with E-state index in [1.165, 1.54) is 0 Å². The summed E-state index contributed by atoms with van der Waals surface area (Å²) in [5.41, 5.74) is 0.981. The van der Waals surface area contributed by atoms with Crippen molar-refractivity contribution in [3.8, 4) is 0 Å². The van der Waals surface area contributed by atoms with Gasteiger partial charge in [-0.15, -0.1) is 0 Å². The molecule has 1 rings (SSSR count). The van der Waals surface area contributed by atoms with Gasteiger partial charge in [0.2, 0.25) is 0 Å². The van der Waals surface area contributed by atoms with E-state index < -0.39 is 18.2 Å². The molecule has 0 saturated heterocycles. The second kappa shape index (κ2) is 10.1. The van der Waals surface area contributed by atoms with Gasteiger partial charge in [0.15, 0.2) is 0 Å². The lowest BCUT2D eigenvalue weighted by molar-refractivity contribution is 0.117. The maximum atomic E-state index is 10.9. The molecule has 1 aromatic carbocycles. The Kier molecular flexibility index (Phi) is 8.42. The molecule has 21 heavy (non-hydrogen) atoms. The van der Waals surface area contributed by atoms with Crippen molar-refractivity contribution in [2.45, 2.75) is 25.0 Å². The van der Waals surface area contributed by atoms with Crippen molar-refractivity contribution in [3.63, 3.8) is 0 Å². The van der Waals surface area contributed by atoms with E-state index in [4.69, 9.17) is 9.84 Å². The maximum Gasteiger partial charge on any atom is 0.404 e. The molecule has 0 bridgehead atoms. The lowest BCUT2D eigenvalue weighted by Gasteiger charge is -2.23. The molecule has 0 fully saturated rings. The van der Waals surface area contributed by atoms with Crippen LogP contribution in [-0.2, 0) is 11.2 Å². The molecule has 1 amide bonds. The Labute approximate surface area is 125 Å². The van der Waals surface area contributed by atoms with Crippen molar-refractivity contribution in [2.24, 2.45) is 0 Å². The number of hydrogen-bond donors (Lipinski definition) is 4. The molecular formula is C15H24N2O4. The van der Waals surface area contributed by atoms with Gasteiger partial charge in [-0.05, 0) is 24.9 Å². The van der Waals surface area contributed by atoms with Crippen molar-refractivity contribution in [1.29, 1.82) is 0 Å². The van der Waals surface area contributed by atoms with E-state index in [1.54, 1.807) is 7.11 Å². The Morgan fingerprint density at radius 2 is 2.05 bits per heavy atom. The summed E-state index contributed by atoms with van der Waals surface area (Å²) in [7, 11) is 1.64. The molecule has 0 aliphatic rings. The molecule has 0 saturated carbocycles. The molecule has 0 aliphatic carbocycles. The van der Waals surface area contributed by atoms with Gasteiger partial charge in [-0.3, -0.25) is 0 Å². The van der Waals surface area contributed by atoms with E-state index in [1.807, 2.05) is 30.3 Å². The standard InChI is InChI=1S/C15H24N2O4/c1-21-9-5-8-16-11-14(18)13(17-15(19)20)10-12-6-3-2-4-7-12/h2-4,6-7,13-14,16-18H,5,8-11H2,1H3,(H,19,20)/t13-,14-/m0/s1. The van der Waals surface area contributed by atoms with Crippen molar-refractivity contribution in [3.05, 3.63) is 35.9 Å². The first kappa shape index (κ1) is 17.4. The van der Waals surface area contributed by atoms with E-state index in [-0.39, 0.29) is 0 Å². The molecule has 1 aromatic rings. The second-order valence-corrected chi connectivity index (χ2v) is 4.86. The smallest absolute Gasteiger partial charge is 0.404 e. The molecule has 0 heterocycles. The van der Waals surface area contributed by atoms with Crippen LogP contribution in [0.5, 0.6) is 0 Å². The van der Waals surface area contributed by atoms with Crippen molar-refractivity contribution >= 4 is 6.09 Å². The van der Waals surface area contributed by atoms with Crippen LogP contribution in [0.4, 0.5) is 4.79 Å². The Bertz CT molecular complexity index is 400. The molecule has 118 valence electrons. The van der Waals surface area contributed by atoms with E-state index in [2.05, 4.69) is 10.6 Å². The van der Waals surface area contributed by atoms with E-state index in [0.717, 1.165) is 18.5 Å². The number of carbonyl (C=O) groups is 1. The molecule has 4 N–H and O–H groups in total. The van der Waals surface area contributed by atoms with Crippen molar-refractivity contribution < 1.29 is 19.7 Å². The predicted octanol–water partition coefficient (Wildman–Crippen LogP) is 0.852. The molecule has 6 nitrogen and oxygen atoms in total. The normalized spacial score (nSPS) is 13.6. The molecule has 0 unspecified atom stereocenters. The molecule has 0 spiro atoms. The van der Waals surface area contributed by atoms with Gasteiger partial charge in [-0.25, -0.2) is 4.79 Å². The van der Waals surface area contributed by atoms with Gasteiger partial charge in [-0.2, -0.15) is 0 Å². The summed E-state index contributed by atoms with van der Waals surface area (Å²) in [6.45, 7) is 1.71. The summed E-state index contributed by atoms with van der Waals surface area (Å²) in [5, 5.41) is 24.5. The Balaban J connectivity index is 2.46. The van der Waals surface area contributed by atoms with E-state index >= 15 is 0 Å². The van der Waals surface area contributed by atoms with Crippen LogP contribution >= 0.6 is 0 Å². The third-order valence-electron chi connectivity index (χ3n) is 3.13. The fourth-order valence-electron chi connectivity index (χ4n) is 2.04. The van der Waals surface area contributed by atoms with Crippen LogP contribution < -0.4 is 10.6 Å². The maximum absolute atomic E-state index is 10.9. The minimum atomic E-state index is -1.13. The van der Waals surface area contributed by atoms with Crippen LogP contribution in [0.1, 0.15) is 12.0 Å². The number of hydrogen-bond acceptors (Lipinski definition) is 4. The van der Waals surface area contributed by atoms with Gasteiger partial charge in [0.05, 0.1) is 12.1 Å². The first-order valence-corrected chi connectivity index (χ1v) is 7.04. The highest BCUT2D eigenvalue weighted by Crippen LogP contribution is 2.06. The van der Waals surface area contributed by atoms with Crippen LogP contribution in [0.3, 0.4) is 0 Å².